The molecule has 0 radical (unpaired) electrons. The first kappa shape index (κ1) is 19.5. The second kappa shape index (κ2) is 8.61. The van der Waals surface area contributed by atoms with Gasteiger partial charge in [-0.25, -0.2) is 4.39 Å². The first-order valence-corrected chi connectivity index (χ1v) is 9.54. The van der Waals surface area contributed by atoms with Gasteiger partial charge in [-0.05, 0) is 23.6 Å². The van der Waals surface area contributed by atoms with Gasteiger partial charge < -0.3 is 9.42 Å². The molecule has 2 aromatic rings. The van der Waals surface area contributed by atoms with E-state index in [1.807, 2.05) is 11.8 Å². The van der Waals surface area contributed by atoms with Gasteiger partial charge in [0.15, 0.2) is 5.82 Å². The van der Waals surface area contributed by atoms with E-state index in [-0.39, 0.29) is 17.8 Å². The lowest BCUT2D eigenvalue weighted by Crippen LogP contribution is -2.45. The lowest BCUT2D eigenvalue weighted by atomic mass is 10.0. The smallest absolute Gasteiger partial charge is 0.226 e. The third kappa shape index (κ3) is 4.91. The minimum Gasteiger partial charge on any atom is -0.339 e. The van der Waals surface area contributed by atoms with Crippen molar-refractivity contribution in [3.05, 3.63) is 47.4 Å². The predicted octanol–water partition coefficient (Wildman–Crippen LogP) is 3.03. The van der Waals surface area contributed by atoms with Crippen molar-refractivity contribution in [3.8, 4) is 0 Å². The summed E-state index contributed by atoms with van der Waals surface area (Å²) < 4.78 is 18.4. The summed E-state index contributed by atoms with van der Waals surface area (Å²) in [6.45, 7) is 8.72. The van der Waals surface area contributed by atoms with Crippen LogP contribution in [0.25, 0.3) is 0 Å². The normalized spacial score (nSPS) is 18.9. The van der Waals surface area contributed by atoms with Crippen molar-refractivity contribution in [2.24, 2.45) is 5.92 Å². The van der Waals surface area contributed by atoms with E-state index in [0.29, 0.717) is 50.1 Å². The van der Waals surface area contributed by atoms with E-state index < -0.39 is 0 Å². The molecule has 27 heavy (non-hydrogen) atoms. The van der Waals surface area contributed by atoms with Gasteiger partial charge in [-0.3, -0.25) is 9.69 Å². The molecule has 1 unspecified atom stereocenters. The number of hydrogen-bond acceptors (Lipinski definition) is 5. The standard InChI is InChI=1S/C20H27FN4O2/c1-4-19-22-18(23-27-19)13-24-10-9-20(26)25(17(12-24)14(2)3)11-15-5-7-16(21)8-6-15/h5-8,14,17H,4,9-13H2,1-3H3. The molecule has 1 atom stereocenters. The van der Waals surface area contributed by atoms with E-state index in [1.165, 1.54) is 12.1 Å². The number of rotatable bonds is 6. The summed E-state index contributed by atoms with van der Waals surface area (Å²) in [7, 11) is 0. The number of amides is 1. The van der Waals surface area contributed by atoms with Crippen LogP contribution in [-0.2, 0) is 24.3 Å². The minimum absolute atomic E-state index is 0.0719. The molecule has 2 heterocycles. The number of benzene rings is 1. The maximum Gasteiger partial charge on any atom is 0.226 e. The Kier molecular flexibility index (Phi) is 6.21. The molecule has 1 aliphatic rings. The number of aromatic nitrogens is 2. The highest BCUT2D eigenvalue weighted by molar-refractivity contribution is 5.77. The van der Waals surface area contributed by atoms with Crippen molar-refractivity contribution in [2.45, 2.75) is 52.7 Å². The molecule has 6 nitrogen and oxygen atoms in total. The van der Waals surface area contributed by atoms with E-state index >= 15 is 0 Å². The molecule has 1 aromatic heterocycles. The van der Waals surface area contributed by atoms with Gasteiger partial charge in [-0.15, -0.1) is 0 Å². The van der Waals surface area contributed by atoms with Crippen molar-refractivity contribution < 1.29 is 13.7 Å². The lowest BCUT2D eigenvalue weighted by molar-refractivity contribution is -0.134. The Labute approximate surface area is 159 Å². The molecule has 7 heteroatoms. The zero-order valence-electron chi connectivity index (χ0n) is 16.2. The molecule has 3 rings (SSSR count). The van der Waals surface area contributed by atoms with Crippen molar-refractivity contribution in [1.82, 2.24) is 19.9 Å². The number of aryl methyl sites for hydroxylation is 1. The lowest BCUT2D eigenvalue weighted by Gasteiger charge is -2.34. The van der Waals surface area contributed by atoms with Crippen molar-refractivity contribution in [1.29, 1.82) is 0 Å². The third-order valence-electron chi connectivity index (χ3n) is 5.02. The van der Waals surface area contributed by atoms with E-state index in [4.69, 9.17) is 4.52 Å². The van der Waals surface area contributed by atoms with Crippen LogP contribution in [0.1, 0.15) is 44.5 Å². The first-order chi connectivity index (χ1) is 13.0. The molecule has 1 aromatic carbocycles. The molecule has 1 saturated heterocycles. The molecule has 1 amide bonds. The number of carbonyl (C=O) groups excluding carboxylic acids is 1. The Bertz CT molecular complexity index is 760. The average Bonchev–Trinajstić information content (AvgIpc) is 3.04. The summed E-state index contributed by atoms with van der Waals surface area (Å²) in [4.78, 5) is 21.4. The third-order valence-corrected chi connectivity index (χ3v) is 5.02. The van der Waals surface area contributed by atoms with Gasteiger partial charge in [0.2, 0.25) is 11.8 Å². The Hall–Kier alpha value is -2.28. The molecule has 0 saturated carbocycles. The Morgan fingerprint density at radius 3 is 2.63 bits per heavy atom. The van der Waals surface area contributed by atoms with Gasteiger partial charge in [0.05, 0.1) is 6.54 Å². The SMILES string of the molecule is CCc1nc(CN2CCC(=O)N(Cc3ccc(F)cc3)C(C(C)C)C2)no1. The fraction of sp³-hybridized carbons (Fsp3) is 0.550. The maximum absolute atomic E-state index is 13.2. The van der Waals surface area contributed by atoms with E-state index in [2.05, 4.69) is 28.9 Å². The highest BCUT2D eigenvalue weighted by atomic mass is 19.1. The van der Waals surface area contributed by atoms with Crippen LogP contribution in [0.4, 0.5) is 4.39 Å². The number of hydrogen-bond donors (Lipinski definition) is 0. The Balaban J connectivity index is 1.74. The minimum atomic E-state index is -0.265. The van der Waals surface area contributed by atoms with E-state index in [0.717, 1.165) is 12.1 Å². The second-order valence-corrected chi connectivity index (χ2v) is 7.40. The zero-order chi connectivity index (χ0) is 19.4. The van der Waals surface area contributed by atoms with Crippen molar-refractivity contribution in [3.63, 3.8) is 0 Å². The highest BCUT2D eigenvalue weighted by Crippen LogP contribution is 2.22. The van der Waals surface area contributed by atoms with E-state index in [9.17, 15) is 9.18 Å². The number of nitrogens with zero attached hydrogens (tertiary/aromatic N) is 4. The first-order valence-electron chi connectivity index (χ1n) is 9.54. The van der Waals surface area contributed by atoms with Gasteiger partial charge in [0, 0.05) is 38.5 Å². The van der Waals surface area contributed by atoms with Gasteiger partial charge in [0.1, 0.15) is 5.82 Å². The van der Waals surface area contributed by atoms with Crippen LogP contribution < -0.4 is 0 Å². The summed E-state index contributed by atoms with van der Waals surface area (Å²) in [5.74, 6) is 1.46. The average molecular weight is 374 g/mol. The molecule has 0 spiro atoms. The van der Waals surface area contributed by atoms with Gasteiger partial charge >= 0.3 is 0 Å². The van der Waals surface area contributed by atoms with Crippen LogP contribution >= 0.6 is 0 Å². The van der Waals surface area contributed by atoms with Crippen LogP contribution in [0, 0.1) is 11.7 Å². The van der Waals surface area contributed by atoms with Crippen LogP contribution in [0.5, 0.6) is 0 Å². The fourth-order valence-corrected chi connectivity index (χ4v) is 3.44. The van der Waals surface area contributed by atoms with Crippen LogP contribution in [-0.4, -0.2) is 45.0 Å². The van der Waals surface area contributed by atoms with Crippen LogP contribution in [0.15, 0.2) is 28.8 Å². The molecule has 0 N–H and O–H groups in total. The fourth-order valence-electron chi connectivity index (χ4n) is 3.44. The summed E-state index contributed by atoms with van der Waals surface area (Å²) in [5.41, 5.74) is 0.939. The molecule has 0 bridgehead atoms. The molecular formula is C20H27FN4O2. The number of halogens is 1. The summed E-state index contributed by atoms with van der Waals surface area (Å²) in [6, 6.07) is 6.44. The molecule has 146 valence electrons. The highest BCUT2D eigenvalue weighted by Gasteiger charge is 2.32. The number of carbonyl (C=O) groups is 1. The largest absolute Gasteiger partial charge is 0.339 e. The Morgan fingerprint density at radius 2 is 2.00 bits per heavy atom. The topological polar surface area (TPSA) is 62.5 Å². The maximum atomic E-state index is 13.2. The molecule has 0 aliphatic carbocycles. The van der Waals surface area contributed by atoms with Crippen molar-refractivity contribution in [2.75, 3.05) is 13.1 Å². The zero-order valence-corrected chi connectivity index (χ0v) is 16.2. The van der Waals surface area contributed by atoms with Gasteiger partial charge in [0.25, 0.3) is 0 Å². The molecule has 1 aliphatic heterocycles. The van der Waals surface area contributed by atoms with Crippen molar-refractivity contribution >= 4 is 5.91 Å². The molecular weight excluding hydrogens is 347 g/mol. The van der Waals surface area contributed by atoms with Gasteiger partial charge in [-0.1, -0.05) is 38.1 Å². The second-order valence-electron chi connectivity index (χ2n) is 7.40. The van der Waals surface area contributed by atoms with Gasteiger partial charge in [-0.2, -0.15) is 4.98 Å². The summed E-state index contributed by atoms with van der Waals surface area (Å²) >= 11 is 0. The summed E-state index contributed by atoms with van der Waals surface area (Å²) in [6.07, 6.45) is 1.16. The van der Waals surface area contributed by atoms with Crippen LogP contribution in [0.3, 0.4) is 0 Å². The predicted molar refractivity (Wildman–Crippen MR) is 99.1 cm³/mol. The quantitative estimate of drug-likeness (QED) is 0.778. The summed E-state index contributed by atoms with van der Waals surface area (Å²) in [5, 5.41) is 4.03. The van der Waals surface area contributed by atoms with E-state index in [1.54, 1.807) is 12.1 Å². The van der Waals surface area contributed by atoms with Crippen LogP contribution in [0.2, 0.25) is 0 Å². The molecule has 1 fully saturated rings. The Morgan fingerprint density at radius 1 is 1.26 bits per heavy atom. The monoisotopic (exact) mass is 374 g/mol.